The largest absolute Gasteiger partial charge is 0.369 e. The summed E-state index contributed by atoms with van der Waals surface area (Å²) in [7, 11) is -1.41. The maximum atomic E-state index is 11.9. The molecule has 0 aromatic rings. The molecule has 0 N–H and O–H groups in total. The van der Waals surface area contributed by atoms with E-state index in [4.69, 9.17) is 0 Å². The zero-order valence-electron chi connectivity index (χ0n) is 8.96. The summed E-state index contributed by atoms with van der Waals surface area (Å²) in [6.45, 7) is 3.39. The molecular formula is C11H19NOSi. The molecule has 2 heterocycles. The Morgan fingerprint density at radius 1 is 1.21 bits per heavy atom. The van der Waals surface area contributed by atoms with Crippen molar-refractivity contribution in [1.82, 2.24) is 4.57 Å². The first-order chi connectivity index (χ1) is 6.72. The van der Waals surface area contributed by atoms with Crippen LogP contribution >= 0.6 is 0 Å². The third-order valence-corrected chi connectivity index (χ3v) is 7.51. The molecule has 1 saturated heterocycles. The van der Waals surface area contributed by atoms with Gasteiger partial charge in [-0.05, 0) is 24.9 Å². The van der Waals surface area contributed by atoms with Crippen molar-refractivity contribution in [2.45, 2.75) is 44.3 Å². The maximum absolute atomic E-state index is 11.9. The molecule has 0 radical (unpaired) electrons. The third-order valence-electron chi connectivity index (χ3n) is 3.51. The average Bonchev–Trinajstić information content (AvgIpc) is 2.47. The first-order valence-electron chi connectivity index (χ1n) is 5.68. The molecule has 3 heteroatoms. The van der Waals surface area contributed by atoms with Gasteiger partial charge in [0.2, 0.25) is 5.91 Å². The van der Waals surface area contributed by atoms with Gasteiger partial charge < -0.3 is 4.57 Å². The van der Waals surface area contributed by atoms with Crippen LogP contribution in [0.5, 0.6) is 0 Å². The molecule has 0 aromatic heterocycles. The minimum Gasteiger partial charge on any atom is -0.369 e. The van der Waals surface area contributed by atoms with Gasteiger partial charge in [0.15, 0.2) is 8.24 Å². The summed E-state index contributed by atoms with van der Waals surface area (Å²) in [5.41, 5.74) is 0. The van der Waals surface area contributed by atoms with E-state index in [1.54, 1.807) is 0 Å². The van der Waals surface area contributed by atoms with E-state index in [1.807, 2.05) is 0 Å². The number of allylic oxidation sites excluding steroid dienone is 2. The monoisotopic (exact) mass is 209 g/mol. The first-order valence-corrected chi connectivity index (χ1v) is 8.54. The lowest BCUT2D eigenvalue weighted by Crippen LogP contribution is -2.52. The minimum absolute atomic E-state index is 0.431. The smallest absolute Gasteiger partial charge is 0.214 e. The van der Waals surface area contributed by atoms with Crippen LogP contribution in [0.25, 0.3) is 0 Å². The molecule has 0 spiro atoms. The molecule has 0 saturated carbocycles. The molecule has 14 heavy (non-hydrogen) atoms. The van der Waals surface area contributed by atoms with E-state index in [2.05, 4.69) is 23.3 Å². The fraction of sp³-hybridized carbons (Fsp3) is 0.727. The fourth-order valence-corrected chi connectivity index (χ4v) is 5.90. The van der Waals surface area contributed by atoms with E-state index in [1.165, 1.54) is 24.9 Å². The number of nitrogens with zero attached hydrogens (tertiary/aromatic N) is 1. The van der Waals surface area contributed by atoms with Crippen molar-refractivity contribution in [3.05, 3.63) is 12.2 Å². The van der Waals surface area contributed by atoms with E-state index < -0.39 is 8.24 Å². The normalized spacial score (nSPS) is 26.6. The number of rotatable bonds is 1. The number of hydrogen-bond acceptors (Lipinski definition) is 1. The van der Waals surface area contributed by atoms with E-state index >= 15 is 0 Å². The maximum Gasteiger partial charge on any atom is 0.214 e. The average molecular weight is 209 g/mol. The standard InChI is InChI=1S/C11H19NOSi/c1-14(9-5-6-10-14)12-8-4-2-3-7-11(12)13/h5-6H,2-4,7-10H2,1H3. The highest BCUT2D eigenvalue weighted by Crippen LogP contribution is 2.29. The Morgan fingerprint density at radius 3 is 2.64 bits per heavy atom. The quantitative estimate of drug-likeness (QED) is 0.480. The minimum atomic E-state index is -1.41. The van der Waals surface area contributed by atoms with Gasteiger partial charge >= 0.3 is 0 Å². The van der Waals surface area contributed by atoms with Crippen LogP contribution in [0.15, 0.2) is 12.2 Å². The Kier molecular flexibility index (Phi) is 2.77. The van der Waals surface area contributed by atoms with Gasteiger partial charge in [-0.15, -0.1) is 0 Å². The first kappa shape index (κ1) is 9.96. The van der Waals surface area contributed by atoms with Crippen molar-refractivity contribution in [3.8, 4) is 0 Å². The van der Waals surface area contributed by atoms with Gasteiger partial charge in [0.25, 0.3) is 0 Å². The molecule has 0 aromatic carbocycles. The lowest BCUT2D eigenvalue weighted by molar-refractivity contribution is -0.126. The van der Waals surface area contributed by atoms with Gasteiger partial charge in [0, 0.05) is 13.0 Å². The zero-order chi connectivity index (χ0) is 10.0. The molecular weight excluding hydrogens is 190 g/mol. The molecule has 0 bridgehead atoms. The van der Waals surface area contributed by atoms with Crippen molar-refractivity contribution in [1.29, 1.82) is 0 Å². The highest BCUT2D eigenvalue weighted by molar-refractivity contribution is 6.79. The van der Waals surface area contributed by atoms with Crippen LogP contribution in [0, 0.1) is 0 Å². The van der Waals surface area contributed by atoms with Crippen LogP contribution in [0.4, 0.5) is 0 Å². The Hall–Kier alpha value is -0.573. The molecule has 2 aliphatic heterocycles. The molecule has 2 nitrogen and oxygen atoms in total. The molecule has 2 rings (SSSR count). The summed E-state index contributed by atoms with van der Waals surface area (Å²) in [5, 5.41) is 0. The van der Waals surface area contributed by atoms with Crippen LogP contribution in [0.3, 0.4) is 0 Å². The Labute approximate surface area is 87.1 Å². The zero-order valence-corrected chi connectivity index (χ0v) is 9.96. The van der Waals surface area contributed by atoms with E-state index in [9.17, 15) is 4.79 Å². The second-order valence-electron chi connectivity index (χ2n) is 4.73. The van der Waals surface area contributed by atoms with Crippen molar-refractivity contribution >= 4 is 14.1 Å². The number of carbonyl (C=O) groups excluding carboxylic acids is 1. The Bertz CT molecular complexity index is 254. The Morgan fingerprint density at radius 2 is 1.93 bits per heavy atom. The van der Waals surface area contributed by atoms with E-state index in [0.29, 0.717) is 5.91 Å². The summed E-state index contributed by atoms with van der Waals surface area (Å²) in [6.07, 6.45) is 8.89. The summed E-state index contributed by atoms with van der Waals surface area (Å²) in [4.78, 5) is 11.9. The molecule has 1 fully saturated rings. The highest BCUT2D eigenvalue weighted by Gasteiger charge is 2.38. The summed E-state index contributed by atoms with van der Waals surface area (Å²) in [6, 6.07) is 2.36. The van der Waals surface area contributed by atoms with Crippen molar-refractivity contribution in [2.24, 2.45) is 0 Å². The second-order valence-corrected chi connectivity index (χ2v) is 9.08. The molecule has 2 aliphatic rings. The molecule has 1 amide bonds. The number of hydrogen-bond donors (Lipinski definition) is 0. The fourth-order valence-electron chi connectivity index (χ4n) is 2.53. The number of carbonyl (C=O) groups is 1. The van der Waals surface area contributed by atoms with Crippen LogP contribution in [-0.4, -0.2) is 25.3 Å². The predicted octanol–water partition coefficient (Wildman–Crippen LogP) is 2.53. The highest BCUT2D eigenvalue weighted by atomic mass is 28.3. The van der Waals surface area contributed by atoms with Crippen molar-refractivity contribution < 1.29 is 4.79 Å². The topological polar surface area (TPSA) is 20.3 Å². The van der Waals surface area contributed by atoms with Gasteiger partial charge in [0.1, 0.15) is 0 Å². The van der Waals surface area contributed by atoms with Crippen molar-refractivity contribution in [2.75, 3.05) is 6.54 Å². The van der Waals surface area contributed by atoms with Gasteiger partial charge in [-0.2, -0.15) is 0 Å². The van der Waals surface area contributed by atoms with Gasteiger partial charge in [0.05, 0.1) is 0 Å². The third kappa shape index (κ3) is 1.78. The van der Waals surface area contributed by atoms with Gasteiger partial charge in [-0.3, -0.25) is 4.79 Å². The molecule has 0 unspecified atom stereocenters. The van der Waals surface area contributed by atoms with Gasteiger partial charge in [-0.25, -0.2) is 0 Å². The SMILES string of the molecule is C[Si]1(N2CCCCCC2=O)CC=CC1. The van der Waals surface area contributed by atoms with E-state index in [-0.39, 0.29) is 0 Å². The summed E-state index contributed by atoms with van der Waals surface area (Å²) < 4.78 is 2.26. The molecule has 0 aliphatic carbocycles. The number of amides is 1. The molecule has 0 atom stereocenters. The van der Waals surface area contributed by atoms with E-state index in [0.717, 1.165) is 19.4 Å². The molecule has 78 valence electrons. The van der Waals surface area contributed by atoms with Crippen LogP contribution in [0.1, 0.15) is 25.7 Å². The lowest BCUT2D eigenvalue weighted by atomic mass is 10.2. The van der Waals surface area contributed by atoms with Crippen molar-refractivity contribution in [3.63, 3.8) is 0 Å². The summed E-state index contributed by atoms with van der Waals surface area (Å²) >= 11 is 0. The second kappa shape index (κ2) is 3.89. The summed E-state index contributed by atoms with van der Waals surface area (Å²) in [5.74, 6) is 0.431. The van der Waals surface area contributed by atoms with Crippen LogP contribution < -0.4 is 0 Å². The Balaban J connectivity index is 2.10. The lowest BCUT2D eigenvalue weighted by Gasteiger charge is -2.36. The van der Waals surface area contributed by atoms with Crippen LogP contribution in [-0.2, 0) is 4.79 Å². The predicted molar refractivity (Wildman–Crippen MR) is 60.6 cm³/mol. The van der Waals surface area contributed by atoms with Crippen LogP contribution in [0.2, 0.25) is 18.6 Å². The van der Waals surface area contributed by atoms with Gasteiger partial charge in [-0.1, -0.05) is 25.1 Å².